The van der Waals surface area contributed by atoms with Gasteiger partial charge in [-0.2, -0.15) is 0 Å². The van der Waals surface area contributed by atoms with Gasteiger partial charge in [-0.3, -0.25) is 0 Å². The zero-order valence-electron chi connectivity index (χ0n) is 9.21. The van der Waals surface area contributed by atoms with E-state index in [1.165, 1.54) is 17.0 Å². The third kappa shape index (κ3) is 3.62. The van der Waals surface area contributed by atoms with E-state index in [1.54, 1.807) is 11.8 Å². The number of thioether (sulfide) groups is 1. The average Bonchev–Trinajstić information content (AvgIpc) is 2.26. The van der Waals surface area contributed by atoms with Gasteiger partial charge < -0.3 is 5.32 Å². The fourth-order valence-electron chi connectivity index (χ4n) is 1.15. The molecule has 0 aliphatic rings. The third-order valence-electron chi connectivity index (χ3n) is 2.44. The summed E-state index contributed by atoms with van der Waals surface area (Å²) in [7, 11) is 0. The smallest absolute Gasteiger partial charge is 0.0341 e. The molecule has 1 atom stereocenters. The quantitative estimate of drug-likeness (QED) is 0.739. The molecule has 0 saturated carbocycles. The molecule has 0 spiro atoms. The molecule has 0 aromatic heterocycles. The second-order valence-corrected chi connectivity index (χ2v) is 4.50. The topological polar surface area (TPSA) is 12.0 Å². The van der Waals surface area contributed by atoms with E-state index in [2.05, 4.69) is 49.7 Å². The molecule has 1 rings (SSSR count). The number of hydrogen-bond donors (Lipinski definition) is 1. The highest BCUT2D eigenvalue weighted by Gasteiger charge is 1.98. The van der Waals surface area contributed by atoms with E-state index in [0.29, 0.717) is 0 Å². The monoisotopic (exact) mass is 209 g/mol. The number of benzene rings is 1. The van der Waals surface area contributed by atoms with Gasteiger partial charge in [0, 0.05) is 17.1 Å². The molecule has 14 heavy (non-hydrogen) atoms. The van der Waals surface area contributed by atoms with E-state index in [9.17, 15) is 0 Å². The van der Waals surface area contributed by atoms with Gasteiger partial charge in [0.2, 0.25) is 0 Å². The lowest BCUT2D eigenvalue weighted by atomic mass is 10.1. The number of rotatable bonds is 5. The lowest BCUT2D eigenvalue weighted by Crippen LogP contribution is -2.09. The Kier molecular flexibility index (Phi) is 4.88. The molecule has 0 aliphatic carbocycles. The van der Waals surface area contributed by atoms with Crippen LogP contribution >= 0.6 is 11.8 Å². The zero-order valence-corrected chi connectivity index (χ0v) is 10.0. The van der Waals surface area contributed by atoms with Gasteiger partial charge in [0.1, 0.15) is 0 Å². The molecule has 0 saturated heterocycles. The predicted octanol–water partition coefficient (Wildman–Crippen LogP) is 3.87. The first-order chi connectivity index (χ1) is 6.76. The Hall–Kier alpha value is -0.630. The van der Waals surface area contributed by atoms with Crippen molar-refractivity contribution in [2.75, 3.05) is 18.1 Å². The minimum atomic E-state index is 0.746. The van der Waals surface area contributed by atoms with E-state index in [4.69, 9.17) is 0 Å². The van der Waals surface area contributed by atoms with Gasteiger partial charge in [-0.1, -0.05) is 20.3 Å². The molecule has 0 fully saturated rings. The molecule has 1 aromatic carbocycles. The molecule has 78 valence electrons. The highest BCUT2D eigenvalue weighted by Crippen LogP contribution is 2.17. The third-order valence-corrected chi connectivity index (χ3v) is 3.19. The van der Waals surface area contributed by atoms with Crippen LogP contribution in [0.15, 0.2) is 29.2 Å². The van der Waals surface area contributed by atoms with E-state index in [-0.39, 0.29) is 0 Å². The van der Waals surface area contributed by atoms with Crippen LogP contribution in [-0.4, -0.2) is 12.8 Å². The van der Waals surface area contributed by atoms with Crippen molar-refractivity contribution in [3.05, 3.63) is 24.3 Å². The normalized spacial score (nSPS) is 12.5. The maximum Gasteiger partial charge on any atom is 0.0341 e. The van der Waals surface area contributed by atoms with Gasteiger partial charge in [-0.05, 0) is 36.4 Å². The van der Waals surface area contributed by atoms with Crippen molar-refractivity contribution < 1.29 is 0 Å². The Balaban J connectivity index is 2.43. The van der Waals surface area contributed by atoms with Crippen molar-refractivity contribution in [2.24, 2.45) is 5.92 Å². The summed E-state index contributed by atoms with van der Waals surface area (Å²) in [6.45, 7) is 5.56. The molecule has 1 unspecified atom stereocenters. The van der Waals surface area contributed by atoms with E-state index < -0.39 is 0 Å². The first-order valence-corrected chi connectivity index (χ1v) is 6.36. The summed E-state index contributed by atoms with van der Waals surface area (Å²) in [4.78, 5) is 1.32. The summed E-state index contributed by atoms with van der Waals surface area (Å²) in [6.07, 6.45) is 3.33. The van der Waals surface area contributed by atoms with Crippen molar-refractivity contribution in [1.29, 1.82) is 0 Å². The molecule has 0 amide bonds. The van der Waals surface area contributed by atoms with Crippen LogP contribution in [-0.2, 0) is 0 Å². The molecule has 2 heteroatoms. The van der Waals surface area contributed by atoms with Crippen LogP contribution in [0.5, 0.6) is 0 Å². The van der Waals surface area contributed by atoms with Crippen molar-refractivity contribution in [1.82, 2.24) is 0 Å². The summed E-state index contributed by atoms with van der Waals surface area (Å²) in [5.41, 5.74) is 1.23. The van der Waals surface area contributed by atoms with Crippen molar-refractivity contribution >= 4 is 17.4 Å². The minimum Gasteiger partial charge on any atom is -0.385 e. The van der Waals surface area contributed by atoms with Crippen molar-refractivity contribution in [2.45, 2.75) is 25.2 Å². The van der Waals surface area contributed by atoms with Crippen molar-refractivity contribution in [3.8, 4) is 0 Å². The Morgan fingerprint density at radius 1 is 1.29 bits per heavy atom. The Labute approximate surface area is 91.3 Å². The molecule has 1 N–H and O–H groups in total. The molecule has 1 aromatic rings. The van der Waals surface area contributed by atoms with E-state index in [1.807, 2.05) is 0 Å². The minimum absolute atomic E-state index is 0.746. The first kappa shape index (κ1) is 11.4. The molecular formula is C12H19NS. The van der Waals surface area contributed by atoms with Crippen LogP contribution < -0.4 is 5.32 Å². The molecular weight excluding hydrogens is 190 g/mol. The maximum atomic E-state index is 3.44. The number of nitrogens with one attached hydrogen (secondary N) is 1. The Bertz CT molecular complexity index is 256. The van der Waals surface area contributed by atoms with Gasteiger partial charge in [0.15, 0.2) is 0 Å². The van der Waals surface area contributed by atoms with Crippen LogP contribution in [0.2, 0.25) is 0 Å². The number of hydrogen-bond acceptors (Lipinski definition) is 2. The van der Waals surface area contributed by atoms with Gasteiger partial charge in [-0.25, -0.2) is 0 Å². The fourth-order valence-corrected chi connectivity index (χ4v) is 1.55. The molecule has 1 nitrogen and oxygen atoms in total. The largest absolute Gasteiger partial charge is 0.385 e. The van der Waals surface area contributed by atoms with Crippen molar-refractivity contribution in [3.63, 3.8) is 0 Å². The average molecular weight is 209 g/mol. The van der Waals surface area contributed by atoms with E-state index in [0.717, 1.165) is 12.5 Å². The molecule has 0 heterocycles. The zero-order chi connectivity index (χ0) is 10.4. The highest BCUT2D eigenvalue weighted by atomic mass is 32.2. The first-order valence-electron chi connectivity index (χ1n) is 5.14. The molecule has 0 bridgehead atoms. The number of anilines is 1. The second-order valence-electron chi connectivity index (χ2n) is 3.62. The summed E-state index contributed by atoms with van der Waals surface area (Å²) < 4.78 is 0. The maximum absolute atomic E-state index is 3.44. The fraction of sp³-hybridized carbons (Fsp3) is 0.500. The lowest BCUT2D eigenvalue weighted by molar-refractivity contribution is 0.593. The second kappa shape index (κ2) is 5.97. The summed E-state index contributed by atoms with van der Waals surface area (Å²) in [6, 6.07) is 8.61. The summed E-state index contributed by atoms with van der Waals surface area (Å²) >= 11 is 1.78. The van der Waals surface area contributed by atoms with Crippen LogP contribution in [0, 0.1) is 5.92 Å². The van der Waals surface area contributed by atoms with E-state index >= 15 is 0 Å². The summed E-state index contributed by atoms with van der Waals surface area (Å²) in [5.74, 6) is 0.746. The van der Waals surface area contributed by atoms with Crippen LogP contribution in [0.25, 0.3) is 0 Å². The Morgan fingerprint density at radius 2 is 1.93 bits per heavy atom. The van der Waals surface area contributed by atoms with Gasteiger partial charge in [-0.15, -0.1) is 11.8 Å². The SMILES string of the molecule is CCC(C)CNc1ccc(SC)cc1. The highest BCUT2D eigenvalue weighted by molar-refractivity contribution is 7.98. The van der Waals surface area contributed by atoms with Gasteiger partial charge in [0.25, 0.3) is 0 Å². The molecule has 0 radical (unpaired) electrons. The van der Waals surface area contributed by atoms with Crippen LogP contribution in [0.4, 0.5) is 5.69 Å². The van der Waals surface area contributed by atoms with Crippen LogP contribution in [0.3, 0.4) is 0 Å². The Morgan fingerprint density at radius 3 is 2.43 bits per heavy atom. The standard InChI is InChI=1S/C12H19NS/c1-4-10(2)9-13-11-5-7-12(14-3)8-6-11/h5-8,10,13H,4,9H2,1-3H3. The predicted molar refractivity (Wildman–Crippen MR) is 66.2 cm³/mol. The van der Waals surface area contributed by atoms with Gasteiger partial charge in [0.05, 0.1) is 0 Å². The van der Waals surface area contributed by atoms with Crippen LogP contribution in [0.1, 0.15) is 20.3 Å². The van der Waals surface area contributed by atoms with Gasteiger partial charge >= 0.3 is 0 Å². The lowest BCUT2D eigenvalue weighted by Gasteiger charge is -2.11. The molecule has 0 aliphatic heterocycles. The summed E-state index contributed by atoms with van der Waals surface area (Å²) in [5, 5.41) is 3.44.